The largest absolute Gasteiger partial charge is 0.724 e. The lowest BCUT2D eigenvalue weighted by Crippen LogP contribution is -2.76. The van der Waals surface area contributed by atoms with Gasteiger partial charge >= 0.3 is 11.9 Å². The topological polar surface area (TPSA) is 345 Å². The lowest BCUT2D eigenvalue weighted by atomic mass is 9.84. The fraction of sp³-hybridized carbons (Fsp3) is 0.419. The number of benzene rings is 1. The molecular formula is C31H40N10O12S2. The number of carbonyl (C=O) groups excluding carboxylic acids is 3. The third kappa shape index (κ3) is 9.41. The molecule has 0 bridgehead atoms. The summed E-state index contributed by atoms with van der Waals surface area (Å²) in [6.45, 7) is 4.44. The molecule has 55 heavy (non-hydrogen) atoms. The van der Waals surface area contributed by atoms with Gasteiger partial charge in [-0.3, -0.25) is 14.9 Å². The number of β-lactam (4-membered cyclic amide) rings is 1. The fourth-order valence-electron chi connectivity index (χ4n) is 5.59. The smallest absolute Gasteiger partial charge is 0.391 e. The van der Waals surface area contributed by atoms with Crippen LogP contribution in [0.2, 0.25) is 0 Å². The van der Waals surface area contributed by atoms with E-state index in [1.165, 1.54) is 26.2 Å². The third-order valence-electron chi connectivity index (χ3n) is 8.76. The first-order valence-corrected chi connectivity index (χ1v) is 18.5. The van der Waals surface area contributed by atoms with Crippen molar-refractivity contribution in [2.45, 2.75) is 62.9 Å². The van der Waals surface area contributed by atoms with Gasteiger partial charge in [0.2, 0.25) is 10.4 Å². The van der Waals surface area contributed by atoms with Crippen molar-refractivity contribution in [3.05, 3.63) is 47.2 Å². The van der Waals surface area contributed by atoms with Gasteiger partial charge in [0.1, 0.15) is 36.3 Å². The van der Waals surface area contributed by atoms with Crippen molar-refractivity contribution < 1.29 is 66.5 Å². The molecule has 1 aromatic carbocycles. The zero-order chi connectivity index (χ0) is 40.9. The summed E-state index contributed by atoms with van der Waals surface area (Å²) in [5.74, 6) is -2.45. The standard InChI is InChI=1S/C30H38N10O10S2.CH2O2/c1-29(2)23(25(42)40(29)50-52(45,46)47)37-24(41)22(19-14-51-27(33)36-19)38-49-30(3,26(43)44)21-8-6-16-9-15(5-7-20(16)48-21)17-12-34-28(39(4)13-17)35-18(10-31)11-32;2-1-3/h5,7,9,12-14,18,21,23H,6,8,10-11,31-32H2,1-4H3,(H5,33,36,37,41,43,44,45,46,47);1H,(H,2,3)/b38-22-;/t21-,23-,30+;/m1./s1. The van der Waals surface area contributed by atoms with Gasteiger partial charge in [-0.25, -0.2) is 22.8 Å². The highest BCUT2D eigenvalue weighted by atomic mass is 32.3. The summed E-state index contributed by atoms with van der Waals surface area (Å²) in [5, 5.41) is 29.9. The Kier molecular flexibility index (Phi) is 12.9. The summed E-state index contributed by atoms with van der Waals surface area (Å²) < 4.78 is 45.4. The number of oxime groups is 1. The Morgan fingerprint density at radius 1 is 1.36 bits per heavy atom. The molecule has 0 spiro atoms. The van der Waals surface area contributed by atoms with Gasteiger partial charge in [0.25, 0.3) is 17.4 Å². The first-order chi connectivity index (χ1) is 25.8. The van der Waals surface area contributed by atoms with Crippen LogP contribution in [-0.2, 0) is 52.2 Å². The Morgan fingerprint density at radius 2 is 2.05 bits per heavy atom. The van der Waals surface area contributed by atoms with Crippen LogP contribution in [-0.4, -0.2) is 105 Å². The summed E-state index contributed by atoms with van der Waals surface area (Å²) in [6, 6.07) is 4.08. The molecule has 0 aliphatic carbocycles. The van der Waals surface area contributed by atoms with E-state index in [0.29, 0.717) is 36.3 Å². The Labute approximate surface area is 318 Å². The summed E-state index contributed by atoms with van der Waals surface area (Å²) in [4.78, 5) is 61.2. The molecule has 4 atom stereocenters. The average Bonchev–Trinajstić information content (AvgIpc) is 3.56. The predicted molar refractivity (Wildman–Crippen MR) is 188 cm³/mol. The number of hydrogen-bond donors (Lipinski definition) is 6. The molecule has 2 aliphatic heterocycles. The quantitative estimate of drug-likeness (QED) is 0.0174. The lowest BCUT2D eigenvalue weighted by Gasteiger charge is -2.51. The molecule has 2 amide bonds. The molecule has 4 heterocycles. The summed E-state index contributed by atoms with van der Waals surface area (Å²) in [5.41, 5.74) is 13.7. The summed E-state index contributed by atoms with van der Waals surface area (Å²) in [7, 11) is -3.43. The molecule has 2 aliphatic rings. The number of fused-ring (bicyclic) bond motifs is 1. The van der Waals surface area contributed by atoms with Gasteiger partial charge in [-0.05, 0) is 56.9 Å². The van der Waals surface area contributed by atoms with Gasteiger partial charge in [0.15, 0.2) is 16.9 Å². The van der Waals surface area contributed by atoms with Crippen molar-refractivity contribution in [3.8, 4) is 16.9 Å². The number of hydroxylamine groups is 2. The van der Waals surface area contributed by atoms with Crippen LogP contribution in [0, 0.1) is 0 Å². The molecule has 1 unspecified atom stereocenters. The van der Waals surface area contributed by atoms with Gasteiger partial charge in [0, 0.05) is 24.0 Å². The second kappa shape index (κ2) is 16.9. The zero-order valence-corrected chi connectivity index (χ0v) is 31.6. The van der Waals surface area contributed by atoms with E-state index in [2.05, 4.69) is 35.8 Å². The van der Waals surface area contributed by atoms with Crippen molar-refractivity contribution in [2.75, 3.05) is 24.1 Å². The summed E-state index contributed by atoms with van der Waals surface area (Å²) in [6.07, 6.45) is 3.19. The molecular weight excluding hydrogens is 769 g/mol. The van der Waals surface area contributed by atoms with Gasteiger partial charge in [-0.1, -0.05) is 16.2 Å². The highest BCUT2D eigenvalue weighted by Gasteiger charge is 2.57. The van der Waals surface area contributed by atoms with Crippen LogP contribution in [0.5, 0.6) is 5.75 Å². The predicted octanol–water partition coefficient (Wildman–Crippen LogP) is -3.59. The fourth-order valence-corrected chi connectivity index (χ4v) is 6.59. The third-order valence-corrected chi connectivity index (χ3v) is 9.77. The minimum atomic E-state index is -5.28. The van der Waals surface area contributed by atoms with Crippen LogP contribution in [0.3, 0.4) is 0 Å². The number of nitrogens with zero attached hydrogens (tertiary/aromatic N) is 5. The number of anilines is 2. The molecule has 1 fully saturated rings. The average molecular weight is 809 g/mol. The second-order valence-electron chi connectivity index (χ2n) is 12.9. The Hall–Kier alpha value is -5.53. The number of ether oxygens (including phenoxy) is 1. The molecule has 1 saturated heterocycles. The number of aryl methyl sites for hydroxylation is 2. The van der Waals surface area contributed by atoms with Gasteiger partial charge in [-0.2, -0.15) is 9.35 Å². The number of carboxylic acids is 1. The number of thiazole rings is 1. The number of amides is 2. The van der Waals surface area contributed by atoms with Crippen LogP contribution in [0.25, 0.3) is 11.1 Å². The number of carbonyl (C=O) groups is 4. The summed E-state index contributed by atoms with van der Waals surface area (Å²) >= 11 is 0.958. The maximum Gasteiger partial charge on any atom is 0.391 e. The number of carboxylic acid groups (broad SMARTS) is 2. The number of aliphatic carboxylic acids is 1. The molecule has 3 aromatic rings. The minimum Gasteiger partial charge on any atom is -0.724 e. The number of nitrogens with one attached hydrogen (secondary N) is 2. The number of hydrogen-bond acceptors (Lipinski definition) is 18. The van der Waals surface area contributed by atoms with Crippen molar-refractivity contribution in [1.29, 1.82) is 0 Å². The van der Waals surface area contributed by atoms with E-state index in [-0.39, 0.29) is 23.3 Å². The molecule has 0 radical (unpaired) electrons. The first-order valence-electron chi connectivity index (χ1n) is 16.3. The zero-order valence-electron chi connectivity index (χ0n) is 30.0. The Morgan fingerprint density at radius 3 is 2.60 bits per heavy atom. The van der Waals surface area contributed by atoms with Gasteiger partial charge in [0.05, 0.1) is 18.8 Å². The van der Waals surface area contributed by atoms with Crippen LogP contribution in [0.15, 0.2) is 41.1 Å². The van der Waals surface area contributed by atoms with Crippen molar-refractivity contribution in [3.63, 3.8) is 0 Å². The monoisotopic (exact) mass is 808 g/mol. The van der Waals surface area contributed by atoms with E-state index in [9.17, 15) is 32.5 Å². The van der Waals surface area contributed by atoms with Crippen LogP contribution in [0.1, 0.15) is 38.4 Å². The molecule has 5 rings (SSSR count). The van der Waals surface area contributed by atoms with E-state index < -0.39 is 63.7 Å². The second-order valence-corrected chi connectivity index (χ2v) is 14.8. The van der Waals surface area contributed by atoms with Crippen molar-refractivity contribution >= 4 is 62.8 Å². The maximum atomic E-state index is 13.5. The number of rotatable bonds is 14. The molecule has 10 N–H and O–H groups in total. The maximum absolute atomic E-state index is 13.5. The SMILES string of the molecule is C[n+]1cc(-c2ccc3c(c2)CC[C@H]([C@](C)(O/N=C(\C(=O)N[C@@H]2C(=O)N(OS(=O)(=O)[O-])C2(C)C)c2csc(N)n2)C(=O)O)O3)cnc1NC(CN)C[NH3+].O=C[O-]. The highest BCUT2D eigenvalue weighted by molar-refractivity contribution is 7.80. The van der Waals surface area contributed by atoms with E-state index in [1.807, 2.05) is 29.9 Å². The van der Waals surface area contributed by atoms with E-state index in [0.717, 1.165) is 28.0 Å². The van der Waals surface area contributed by atoms with Crippen molar-refractivity contribution in [2.24, 2.45) is 17.9 Å². The van der Waals surface area contributed by atoms with Crippen LogP contribution in [0.4, 0.5) is 11.1 Å². The van der Waals surface area contributed by atoms with E-state index in [1.54, 1.807) is 12.3 Å². The number of quaternary nitrogens is 1. The van der Waals surface area contributed by atoms with Crippen molar-refractivity contribution in [1.82, 2.24) is 20.3 Å². The number of nitrogens with two attached hydrogens (primary N) is 2. The normalized spacial score (nSPS) is 19.2. The van der Waals surface area contributed by atoms with E-state index in [4.69, 9.17) is 30.9 Å². The molecule has 24 heteroatoms. The van der Waals surface area contributed by atoms with Gasteiger partial charge < -0.3 is 51.7 Å². The molecule has 0 saturated carbocycles. The number of nitrogen functional groups attached to an aromatic ring is 1. The van der Waals surface area contributed by atoms with Crippen LogP contribution < -0.4 is 42.2 Å². The molecule has 298 valence electrons. The first kappa shape index (κ1) is 42.2. The highest BCUT2D eigenvalue weighted by Crippen LogP contribution is 2.37. The molecule has 22 nitrogen and oxygen atoms in total. The number of aromatic nitrogens is 3. The Balaban J connectivity index is 0.00000217. The van der Waals surface area contributed by atoms with Crippen LogP contribution >= 0.6 is 11.3 Å². The molecule has 2 aromatic heterocycles. The minimum absolute atomic E-state index is 0.0206. The van der Waals surface area contributed by atoms with Gasteiger partial charge in [-0.15, -0.1) is 11.3 Å². The lowest BCUT2D eigenvalue weighted by molar-refractivity contribution is -0.659. The van der Waals surface area contributed by atoms with E-state index >= 15 is 0 Å². The Bertz CT molecular complexity index is 2080.